The highest BCUT2D eigenvalue weighted by Gasteiger charge is 2.21. The zero-order chi connectivity index (χ0) is 20.9. The Bertz CT molecular complexity index is 1070. The molecule has 162 valence electrons. The van der Waals surface area contributed by atoms with Gasteiger partial charge in [0, 0.05) is 49.0 Å². The van der Waals surface area contributed by atoms with E-state index in [1.165, 1.54) is 0 Å². The molecule has 1 saturated heterocycles. The molecular weight excluding hydrogens is 414 g/mol. The van der Waals surface area contributed by atoms with Gasteiger partial charge in [0.1, 0.15) is 5.75 Å². The molecule has 2 heterocycles. The van der Waals surface area contributed by atoms with E-state index in [0.717, 1.165) is 41.7 Å². The number of ether oxygens (including phenoxy) is 1. The summed E-state index contributed by atoms with van der Waals surface area (Å²) in [5.41, 5.74) is 9.60. The molecule has 1 aromatic heterocycles. The fourth-order valence-corrected chi connectivity index (χ4v) is 3.81. The molecule has 3 N–H and O–H groups in total. The molecule has 4 rings (SSSR count). The number of aromatic nitrogens is 1. The topological polar surface area (TPSA) is 98.4 Å². The Kier molecular flexibility index (Phi) is 7.40. The predicted octanol–water partition coefficient (Wildman–Crippen LogP) is -0.728. The number of halogens is 1. The maximum Gasteiger partial charge on any atom is 0.260 e. The Morgan fingerprint density at radius 1 is 1.13 bits per heavy atom. The summed E-state index contributed by atoms with van der Waals surface area (Å²) in [7, 11) is 0. The van der Waals surface area contributed by atoms with Gasteiger partial charge < -0.3 is 37.7 Å². The monoisotopic (exact) mass is 438 g/mol. The summed E-state index contributed by atoms with van der Waals surface area (Å²) >= 11 is 0. The molecule has 0 aliphatic carbocycles. The average molecular weight is 439 g/mol. The maximum atomic E-state index is 12.6. The first-order chi connectivity index (χ1) is 14.7. The van der Waals surface area contributed by atoms with Crippen LogP contribution in [-0.2, 0) is 11.2 Å². The van der Waals surface area contributed by atoms with Crippen molar-refractivity contribution in [2.24, 2.45) is 5.73 Å². The van der Waals surface area contributed by atoms with Crippen LogP contribution in [0.25, 0.3) is 10.9 Å². The number of nitriles is 1. The third-order valence-electron chi connectivity index (χ3n) is 5.51. The molecule has 0 unspecified atom stereocenters. The van der Waals surface area contributed by atoms with Gasteiger partial charge in [-0.15, -0.1) is 0 Å². The molecule has 1 amide bonds. The van der Waals surface area contributed by atoms with Gasteiger partial charge in [0.05, 0.1) is 11.6 Å². The van der Waals surface area contributed by atoms with Crippen LogP contribution in [0.1, 0.15) is 11.1 Å². The normalized spacial score (nSPS) is 13.5. The van der Waals surface area contributed by atoms with Gasteiger partial charge >= 0.3 is 0 Å². The van der Waals surface area contributed by atoms with Crippen molar-refractivity contribution in [1.82, 2.24) is 9.88 Å². The van der Waals surface area contributed by atoms with Crippen molar-refractivity contribution in [2.75, 3.05) is 44.2 Å². The van der Waals surface area contributed by atoms with E-state index in [1.807, 2.05) is 53.6 Å². The molecule has 0 spiro atoms. The Morgan fingerprint density at radius 3 is 2.55 bits per heavy atom. The smallest absolute Gasteiger partial charge is 0.260 e. The molecule has 7 nitrogen and oxygen atoms in total. The van der Waals surface area contributed by atoms with Gasteiger partial charge in [0.15, 0.2) is 6.61 Å². The van der Waals surface area contributed by atoms with Crippen LogP contribution in [0, 0.1) is 11.3 Å². The van der Waals surface area contributed by atoms with Gasteiger partial charge in [0.2, 0.25) is 0 Å². The van der Waals surface area contributed by atoms with Crippen LogP contribution < -0.4 is 27.8 Å². The van der Waals surface area contributed by atoms with Crippen LogP contribution in [-0.4, -0.2) is 55.1 Å². The first-order valence-electron chi connectivity index (χ1n) is 10.1. The van der Waals surface area contributed by atoms with Crippen LogP contribution in [0.3, 0.4) is 0 Å². The Labute approximate surface area is 187 Å². The molecule has 2 aromatic carbocycles. The van der Waals surface area contributed by atoms with Gasteiger partial charge in [-0.3, -0.25) is 4.79 Å². The summed E-state index contributed by atoms with van der Waals surface area (Å²) < 4.78 is 5.79. The summed E-state index contributed by atoms with van der Waals surface area (Å²) in [4.78, 5) is 19.9. The number of nitrogens with one attached hydrogen (secondary N) is 1. The van der Waals surface area contributed by atoms with Gasteiger partial charge in [0.25, 0.3) is 5.91 Å². The lowest BCUT2D eigenvalue weighted by Gasteiger charge is -2.36. The van der Waals surface area contributed by atoms with E-state index in [-0.39, 0.29) is 24.9 Å². The van der Waals surface area contributed by atoms with Gasteiger partial charge in [-0.05, 0) is 61.0 Å². The number of piperazine rings is 1. The first kappa shape index (κ1) is 22.5. The lowest BCUT2D eigenvalue weighted by atomic mass is 10.1. The number of hydrogen-bond acceptors (Lipinski definition) is 5. The largest absolute Gasteiger partial charge is 1.00 e. The number of amides is 1. The fourth-order valence-electron chi connectivity index (χ4n) is 3.81. The minimum Gasteiger partial charge on any atom is -1.00 e. The number of fused-ring (bicyclic) bond motifs is 1. The molecule has 1 fully saturated rings. The lowest BCUT2D eigenvalue weighted by molar-refractivity contribution is -0.133. The van der Waals surface area contributed by atoms with E-state index in [2.05, 4.69) is 16.0 Å². The molecule has 0 atom stereocenters. The van der Waals surface area contributed by atoms with Crippen LogP contribution in [0.5, 0.6) is 5.75 Å². The molecule has 3 aromatic rings. The Balaban J connectivity index is 0.00000272. The number of benzene rings is 2. The van der Waals surface area contributed by atoms with Crippen LogP contribution >= 0.6 is 0 Å². The number of nitrogens with zero attached hydrogens (tertiary/aromatic N) is 3. The minimum atomic E-state index is -0.00849. The second kappa shape index (κ2) is 10.2. The standard InChI is InChI=1S/C23H25N5O2.ClH/c24-8-7-18-15-26-22-6-5-20(13-21(18)22)30-16-23(29)28-11-9-27(10-12-28)19-3-1-17(14-25)2-4-19;/h1-6,13,15,26H,7-12,16,24H2;1H/p-1. The summed E-state index contributed by atoms with van der Waals surface area (Å²) in [5, 5.41) is 10.0. The summed E-state index contributed by atoms with van der Waals surface area (Å²) in [6, 6.07) is 15.5. The van der Waals surface area contributed by atoms with Gasteiger partial charge in [-0.25, -0.2) is 0 Å². The molecule has 0 saturated carbocycles. The summed E-state index contributed by atoms with van der Waals surface area (Å²) in [5.74, 6) is 0.677. The highest BCUT2D eigenvalue weighted by molar-refractivity contribution is 5.85. The number of aromatic amines is 1. The van der Waals surface area contributed by atoms with Gasteiger partial charge in [-0.2, -0.15) is 5.26 Å². The molecule has 1 aliphatic heterocycles. The highest BCUT2D eigenvalue weighted by Crippen LogP contribution is 2.24. The van der Waals surface area contributed by atoms with E-state index in [4.69, 9.17) is 15.7 Å². The second-order valence-corrected chi connectivity index (χ2v) is 7.38. The number of rotatable bonds is 6. The van der Waals surface area contributed by atoms with Crippen molar-refractivity contribution in [3.63, 3.8) is 0 Å². The molecule has 8 heteroatoms. The SMILES string of the molecule is N#Cc1ccc(N2CCN(C(=O)COc3ccc4[nH]cc(CCN)c4c3)CC2)cc1.[Cl-]. The van der Waals surface area contributed by atoms with Crippen molar-refractivity contribution in [2.45, 2.75) is 6.42 Å². The number of carbonyl (C=O) groups is 1. The summed E-state index contributed by atoms with van der Waals surface area (Å²) in [6.45, 7) is 3.44. The molecule has 1 aliphatic rings. The predicted molar refractivity (Wildman–Crippen MR) is 117 cm³/mol. The molecule has 31 heavy (non-hydrogen) atoms. The van der Waals surface area contributed by atoms with Crippen molar-refractivity contribution >= 4 is 22.5 Å². The number of carbonyl (C=O) groups excluding carboxylic acids is 1. The van der Waals surface area contributed by atoms with Crippen LogP contribution in [0.15, 0.2) is 48.7 Å². The number of nitrogens with two attached hydrogens (primary N) is 1. The van der Waals surface area contributed by atoms with E-state index in [1.54, 1.807) is 0 Å². The van der Waals surface area contributed by atoms with Gasteiger partial charge in [-0.1, -0.05) is 0 Å². The van der Waals surface area contributed by atoms with Crippen molar-refractivity contribution < 1.29 is 21.9 Å². The zero-order valence-electron chi connectivity index (χ0n) is 17.2. The van der Waals surface area contributed by atoms with E-state index >= 15 is 0 Å². The third kappa shape index (κ3) is 5.10. The van der Waals surface area contributed by atoms with Crippen LogP contribution in [0.4, 0.5) is 5.69 Å². The first-order valence-corrected chi connectivity index (χ1v) is 10.1. The Morgan fingerprint density at radius 2 is 1.87 bits per heavy atom. The molecule has 0 radical (unpaired) electrons. The fraction of sp³-hybridized carbons (Fsp3) is 0.304. The second-order valence-electron chi connectivity index (χ2n) is 7.38. The zero-order valence-corrected chi connectivity index (χ0v) is 17.9. The quantitative estimate of drug-likeness (QED) is 0.529. The van der Waals surface area contributed by atoms with Crippen LogP contribution in [0.2, 0.25) is 0 Å². The average Bonchev–Trinajstić information content (AvgIpc) is 3.20. The van der Waals surface area contributed by atoms with E-state index < -0.39 is 0 Å². The van der Waals surface area contributed by atoms with Crippen molar-refractivity contribution in [3.05, 3.63) is 59.8 Å². The number of anilines is 1. The molecule has 0 bridgehead atoms. The summed E-state index contributed by atoms with van der Waals surface area (Å²) in [6.07, 6.45) is 2.77. The minimum absolute atomic E-state index is 0. The van der Waals surface area contributed by atoms with Crippen molar-refractivity contribution in [1.29, 1.82) is 5.26 Å². The number of H-pyrrole nitrogens is 1. The number of hydrogen-bond donors (Lipinski definition) is 2. The van der Waals surface area contributed by atoms with E-state index in [0.29, 0.717) is 30.9 Å². The van der Waals surface area contributed by atoms with E-state index in [9.17, 15) is 4.79 Å². The highest BCUT2D eigenvalue weighted by atomic mass is 35.5. The lowest BCUT2D eigenvalue weighted by Crippen LogP contribution is -3.00. The Hall–Kier alpha value is -3.21. The third-order valence-corrected chi connectivity index (χ3v) is 5.51. The maximum absolute atomic E-state index is 12.6. The van der Waals surface area contributed by atoms with Crippen molar-refractivity contribution in [3.8, 4) is 11.8 Å². The molecular formula is C23H25ClN5O2-.